The molecule has 1 aromatic heterocycles. The number of halogens is 1. The topological polar surface area (TPSA) is 51.2 Å². The lowest BCUT2D eigenvalue weighted by molar-refractivity contribution is 0.102. The van der Waals surface area contributed by atoms with Crippen LogP contribution in [0.4, 0.5) is 10.1 Å². The molecule has 1 heterocycles. The van der Waals surface area contributed by atoms with Crippen LogP contribution in [0, 0.1) is 11.9 Å². The molecule has 0 fully saturated rings. The SMILES string of the molecule is CC(C)COc1cccc(NC(=O)c2cccc(F)n2)c1. The number of benzene rings is 1. The summed E-state index contributed by atoms with van der Waals surface area (Å²) in [4.78, 5) is 15.5. The predicted molar refractivity (Wildman–Crippen MR) is 78.9 cm³/mol. The monoisotopic (exact) mass is 288 g/mol. The van der Waals surface area contributed by atoms with Crippen molar-refractivity contribution < 1.29 is 13.9 Å². The molecule has 21 heavy (non-hydrogen) atoms. The molecular formula is C16H17FN2O2. The molecule has 2 aromatic rings. The number of hydrogen-bond acceptors (Lipinski definition) is 3. The van der Waals surface area contributed by atoms with E-state index in [0.717, 1.165) is 0 Å². The van der Waals surface area contributed by atoms with E-state index in [0.29, 0.717) is 24.0 Å². The average molecular weight is 288 g/mol. The summed E-state index contributed by atoms with van der Waals surface area (Å²) in [6.07, 6.45) is 0. The zero-order valence-electron chi connectivity index (χ0n) is 12.0. The van der Waals surface area contributed by atoms with Gasteiger partial charge in [-0.25, -0.2) is 4.98 Å². The molecule has 0 radical (unpaired) electrons. The molecule has 0 aliphatic carbocycles. The normalized spacial score (nSPS) is 10.5. The van der Waals surface area contributed by atoms with Gasteiger partial charge in [-0.2, -0.15) is 4.39 Å². The molecule has 0 spiro atoms. The van der Waals surface area contributed by atoms with E-state index in [1.165, 1.54) is 18.2 Å². The lowest BCUT2D eigenvalue weighted by Gasteiger charge is -2.10. The lowest BCUT2D eigenvalue weighted by Crippen LogP contribution is -2.14. The molecule has 1 amide bonds. The molecule has 110 valence electrons. The van der Waals surface area contributed by atoms with Gasteiger partial charge in [0.1, 0.15) is 11.4 Å². The molecule has 2 rings (SSSR count). The molecule has 0 saturated carbocycles. The molecule has 1 aromatic carbocycles. The Morgan fingerprint density at radius 2 is 2.05 bits per heavy atom. The van der Waals surface area contributed by atoms with Gasteiger partial charge in [-0.05, 0) is 30.2 Å². The summed E-state index contributed by atoms with van der Waals surface area (Å²) in [5.41, 5.74) is 0.607. The highest BCUT2D eigenvalue weighted by atomic mass is 19.1. The Balaban J connectivity index is 2.05. The second-order valence-corrected chi connectivity index (χ2v) is 5.03. The van der Waals surface area contributed by atoms with Gasteiger partial charge in [-0.1, -0.05) is 26.0 Å². The third-order valence-corrected chi connectivity index (χ3v) is 2.62. The largest absolute Gasteiger partial charge is 0.493 e. The summed E-state index contributed by atoms with van der Waals surface area (Å²) in [7, 11) is 0. The highest BCUT2D eigenvalue weighted by molar-refractivity contribution is 6.02. The number of anilines is 1. The fourth-order valence-corrected chi connectivity index (χ4v) is 1.66. The van der Waals surface area contributed by atoms with Crippen LogP contribution >= 0.6 is 0 Å². The minimum atomic E-state index is -0.684. The van der Waals surface area contributed by atoms with Gasteiger partial charge in [0, 0.05) is 11.8 Å². The maximum atomic E-state index is 13.0. The van der Waals surface area contributed by atoms with E-state index < -0.39 is 11.9 Å². The van der Waals surface area contributed by atoms with Crippen LogP contribution in [-0.2, 0) is 0 Å². The second kappa shape index (κ2) is 6.83. The summed E-state index contributed by atoms with van der Waals surface area (Å²) >= 11 is 0. The Kier molecular flexibility index (Phi) is 4.87. The third kappa shape index (κ3) is 4.56. The lowest BCUT2D eigenvalue weighted by atomic mass is 10.2. The van der Waals surface area contributed by atoms with Gasteiger partial charge in [0.25, 0.3) is 5.91 Å². The molecular weight excluding hydrogens is 271 g/mol. The van der Waals surface area contributed by atoms with Crippen LogP contribution in [0.25, 0.3) is 0 Å². The highest BCUT2D eigenvalue weighted by Gasteiger charge is 2.09. The smallest absolute Gasteiger partial charge is 0.274 e. The maximum absolute atomic E-state index is 13.0. The van der Waals surface area contributed by atoms with Crippen LogP contribution in [0.2, 0.25) is 0 Å². The Labute approximate surface area is 123 Å². The zero-order valence-corrected chi connectivity index (χ0v) is 12.0. The molecule has 0 atom stereocenters. The van der Waals surface area contributed by atoms with Gasteiger partial charge in [0.05, 0.1) is 6.61 Å². The van der Waals surface area contributed by atoms with Crippen LogP contribution in [0.1, 0.15) is 24.3 Å². The van der Waals surface area contributed by atoms with Crippen molar-refractivity contribution in [2.75, 3.05) is 11.9 Å². The summed E-state index contributed by atoms with van der Waals surface area (Å²) in [5, 5.41) is 2.67. The summed E-state index contributed by atoms with van der Waals surface area (Å²) in [6, 6.07) is 11.1. The Bertz CT molecular complexity index is 629. The zero-order chi connectivity index (χ0) is 15.2. The first-order valence-electron chi connectivity index (χ1n) is 6.71. The number of carbonyl (C=O) groups is 1. The third-order valence-electron chi connectivity index (χ3n) is 2.62. The van der Waals surface area contributed by atoms with Crippen molar-refractivity contribution in [1.82, 2.24) is 4.98 Å². The van der Waals surface area contributed by atoms with Crippen molar-refractivity contribution in [1.29, 1.82) is 0 Å². The van der Waals surface area contributed by atoms with Crippen LogP contribution in [0.15, 0.2) is 42.5 Å². The van der Waals surface area contributed by atoms with E-state index in [1.54, 1.807) is 18.2 Å². The minimum Gasteiger partial charge on any atom is -0.493 e. The molecule has 0 saturated heterocycles. The first kappa shape index (κ1) is 15.0. The maximum Gasteiger partial charge on any atom is 0.274 e. The van der Waals surface area contributed by atoms with Crippen LogP contribution in [0.5, 0.6) is 5.75 Å². The first-order valence-corrected chi connectivity index (χ1v) is 6.71. The van der Waals surface area contributed by atoms with Gasteiger partial charge in [-0.3, -0.25) is 4.79 Å². The van der Waals surface area contributed by atoms with Gasteiger partial charge in [-0.15, -0.1) is 0 Å². The van der Waals surface area contributed by atoms with Crippen LogP contribution < -0.4 is 10.1 Å². The van der Waals surface area contributed by atoms with E-state index in [9.17, 15) is 9.18 Å². The van der Waals surface area contributed by atoms with Crippen molar-refractivity contribution in [2.45, 2.75) is 13.8 Å². The second-order valence-electron chi connectivity index (χ2n) is 5.03. The van der Waals surface area contributed by atoms with E-state index >= 15 is 0 Å². The van der Waals surface area contributed by atoms with Gasteiger partial charge in [0.2, 0.25) is 5.95 Å². The fourth-order valence-electron chi connectivity index (χ4n) is 1.66. The number of nitrogens with one attached hydrogen (secondary N) is 1. The van der Waals surface area contributed by atoms with Crippen LogP contribution in [-0.4, -0.2) is 17.5 Å². The number of pyridine rings is 1. The molecule has 0 unspecified atom stereocenters. The molecule has 1 N–H and O–H groups in total. The quantitative estimate of drug-likeness (QED) is 0.857. The van der Waals surface area contributed by atoms with E-state index in [-0.39, 0.29) is 5.69 Å². The Morgan fingerprint density at radius 3 is 2.76 bits per heavy atom. The number of ether oxygens (including phenoxy) is 1. The highest BCUT2D eigenvalue weighted by Crippen LogP contribution is 2.18. The van der Waals surface area contributed by atoms with Gasteiger partial charge >= 0.3 is 0 Å². The predicted octanol–water partition coefficient (Wildman–Crippen LogP) is 3.51. The van der Waals surface area contributed by atoms with Crippen molar-refractivity contribution in [3.8, 4) is 5.75 Å². The number of hydrogen-bond donors (Lipinski definition) is 1. The van der Waals surface area contributed by atoms with Crippen molar-refractivity contribution in [3.05, 3.63) is 54.1 Å². The molecule has 0 bridgehead atoms. The Morgan fingerprint density at radius 1 is 1.29 bits per heavy atom. The molecule has 4 nitrogen and oxygen atoms in total. The number of carbonyl (C=O) groups excluding carboxylic acids is 1. The number of nitrogens with zero attached hydrogens (tertiary/aromatic N) is 1. The van der Waals surface area contributed by atoms with Gasteiger partial charge < -0.3 is 10.1 Å². The minimum absolute atomic E-state index is 0.0310. The fraction of sp³-hybridized carbons (Fsp3) is 0.250. The standard InChI is InChI=1S/C16H17FN2O2/c1-11(2)10-21-13-6-3-5-12(9-13)18-16(20)14-7-4-8-15(17)19-14/h3-9,11H,10H2,1-2H3,(H,18,20). The molecule has 5 heteroatoms. The van der Waals surface area contributed by atoms with Crippen molar-refractivity contribution >= 4 is 11.6 Å². The van der Waals surface area contributed by atoms with E-state index in [4.69, 9.17) is 4.74 Å². The summed E-state index contributed by atoms with van der Waals surface area (Å²) in [5.74, 6) is -0.0550. The Hall–Kier alpha value is -2.43. The van der Waals surface area contributed by atoms with Gasteiger partial charge in [0.15, 0.2) is 0 Å². The average Bonchev–Trinajstić information content (AvgIpc) is 2.45. The molecule has 0 aliphatic rings. The van der Waals surface area contributed by atoms with Crippen molar-refractivity contribution in [2.24, 2.45) is 5.92 Å². The number of amides is 1. The number of rotatable bonds is 5. The first-order chi connectivity index (χ1) is 10.0. The summed E-state index contributed by atoms with van der Waals surface area (Å²) < 4.78 is 18.6. The number of aromatic nitrogens is 1. The van der Waals surface area contributed by atoms with E-state index in [1.807, 2.05) is 6.07 Å². The van der Waals surface area contributed by atoms with Crippen LogP contribution in [0.3, 0.4) is 0 Å². The molecule has 0 aliphatic heterocycles. The van der Waals surface area contributed by atoms with Crippen molar-refractivity contribution in [3.63, 3.8) is 0 Å². The summed E-state index contributed by atoms with van der Waals surface area (Å²) in [6.45, 7) is 4.71. The van der Waals surface area contributed by atoms with E-state index in [2.05, 4.69) is 24.1 Å².